The highest BCUT2D eigenvalue weighted by molar-refractivity contribution is 6.00. The molecule has 1 aromatic heterocycles. The van der Waals surface area contributed by atoms with Gasteiger partial charge in [-0.05, 0) is 35.9 Å². The Bertz CT molecular complexity index is 986. The molecule has 0 saturated heterocycles. The molecule has 0 fully saturated rings. The van der Waals surface area contributed by atoms with E-state index < -0.39 is 24.3 Å². The molecule has 3 aromatic rings. The molecule has 3 rings (SSSR count). The van der Waals surface area contributed by atoms with Crippen LogP contribution in [0.25, 0.3) is 10.8 Å². The standard InChI is InChI=1S/C21H17F3O3/c1-13(25)10-17-8-9-20(27-17)18(21(22,23)24)12-19(26)16-7-6-14-4-2-3-5-15(14)11-16/h2-9,11,18H,10,12H2,1H3/t18-/m0/s1. The van der Waals surface area contributed by atoms with Crippen molar-refractivity contribution in [1.29, 1.82) is 0 Å². The second-order valence-electron chi connectivity index (χ2n) is 6.47. The number of Topliss-reactive ketones (excluding diaryl/α,β-unsaturated/α-hetero) is 2. The van der Waals surface area contributed by atoms with Gasteiger partial charge in [0, 0.05) is 12.0 Å². The summed E-state index contributed by atoms with van der Waals surface area (Å²) in [6.45, 7) is 1.33. The molecule has 3 nitrogen and oxygen atoms in total. The molecule has 140 valence electrons. The van der Waals surface area contributed by atoms with Crippen LogP contribution >= 0.6 is 0 Å². The molecule has 0 aliphatic carbocycles. The zero-order valence-electron chi connectivity index (χ0n) is 14.5. The van der Waals surface area contributed by atoms with Gasteiger partial charge in [0.2, 0.25) is 0 Å². The average molecular weight is 374 g/mol. The van der Waals surface area contributed by atoms with Gasteiger partial charge >= 0.3 is 6.18 Å². The Balaban J connectivity index is 1.86. The Kier molecular flexibility index (Phi) is 5.17. The number of ketones is 2. The monoisotopic (exact) mass is 374 g/mol. The van der Waals surface area contributed by atoms with E-state index in [0.29, 0.717) is 0 Å². The summed E-state index contributed by atoms with van der Waals surface area (Å²) in [6, 6.07) is 14.7. The first-order valence-electron chi connectivity index (χ1n) is 8.41. The quantitative estimate of drug-likeness (QED) is 0.537. The molecule has 0 saturated carbocycles. The van der Waals surface area contributed by atoms with Crippen LogP contribution in [0.3, 0.4) is 0 Å². The molecule has 1 atom stereocenters. The first kappa shape index (κ1) is 18.9. The lowest BCUT2D eigenvalue weighted by molar-refractivity contribution is -0.153. The number of benzene rings is 2. The van der Waals surface area contributed by atoms with Gasteiger partial charge in [-0.1, -0.05) is 36.4 Å². The van der Waals surface area contributed by atoms with Crippen molar-refractivity contribution in [1.82, 2.24) is 0 Å². The fourth-order valence-electron chi connectivity index (χ4n) is 2.97. The van der Waals surface area contributed by atoms with Crippen molar-refractivity contribution in [2.75, 3.05) is 0 Å². The van der Waals surface area contributed by atoms with Gasteiger partial charge in [-0.15, -0.1) is 0 Å². The number of hydrogen-bond acceptors (Lipinski definition) is 3. The van der Waals surface area contributed by atoms with E-state index in [4.69, 9.17) is 4.42 Å². The van der Waals surface area contributed by atoms with Crippen molar-refractivity contribution >= 4 is 22.3 Å². The molecule has 1 heterocycles. The van der Waals surface area contributed by atoms with E-state index in [2.05, 4.69) is 0 Å². The molecular formula is C21H17F3O3. The van der Waals surface area contributed by atoms with Crippen molar-refractivity contribution in [2.24, 2.45) is 0 Å². The molecule has 0 bridgehead atoms. The number of furan rings is 1. The number of hydrogen-bond donors (Lipinski definition) is 0. The maximum Gasteiger partial charge on any atom is 0.399 e. The van der Waals surface area contributed by atoms with Crippen molar-refractivity contribution in [2.45, 2.75) is 31.9 Å². The highest BCUT2D eigenvalue weighted by Crippen LogP contribution is 2.39. The number of fused-ring (bicyclic) bond motifs is 1. The predicted octanol–water partition coefficient (Wildman–Crippen LogP) is 5.48. The van der Waals surface area contributed by atoms with E-state index in [1.54, 1.807) is 24.3 Å². The zero-order chi connectivity index (χ0) is 19.6. The SMILES string of the molecule is CC(=O)Cc1ccc([C@H](CC(=O)c2ccc3ccccc3c2)C(F)(F)F)o1. The van der Waals surface area contributed by atoms with Gasteiger partial charge in [0.25, 0.3) is 0 Å². The van der Waals surface area contributed by atoms with Gasteiger partial charge in [0.05, 0.1) is 6.42 Å². The van der Waals surface area contributed by atoms with E-state index in [9.17, 15) is 22.8 Å². The fourth-order valence-corrected chi connectivity index (χ4v) is 2.97. The van der Waals surface area contributed by atoms with Gasteiger partial charge in [-0.25, -0.2) is 0 Å². The summed E-state index contributed by atoms with van der Waals surface area (Å²) in [5.74, 6) is -3.09. The lowest BCUT2D eigenvalue weighted by atomic mass is 9.94. The molecule has 0 aliphatic rings. The molecule has 2 aromatic carbocycles. The van der Waals surface area contributed by atoms with Crippen molar-refractivity contribution in [3.8, 4) is 0 Å². The fraction of sp³-hybridized carbons (Fsp3) is 0.238. The number of alkyl halides is 3. The van der Waals surface area contributed by atoms with Crippen LogP contribution in [0.15, 0.2) is 59.0 Å². The summed E-state index contributed by atoms with van der Waals surface area (Å²) < 4.78 is 45.8. The Morgan fingerprint density at radius 3 is 2.37 bits per heavy atom. The lowest BCUT2D eigenvalue weighted by Crippen LogP contribution is -2.23. The minimum atomic E-state index is -4.64. The summed E-state index contributed by atoms with van der Waals surface area (Å²) >= 11 is 0. The van der Waals surface area contributed by atoms with Crippen LogP contribution < -0.4 is 0 Å². The van der Waals surface area contributed by atoms with E-state index in [0.717, 1.165) is 10.8 Å². The molecule has 0 spiro atoms. The average Bonchev–Trinajstić information content (AvgIpc) is 3.05. The third-order valence-electron chi connectivity index (χ3n) is 4.31. The van der Waals surface area contributed by atoms with Gasteiger partial charge in [-0.2, -0.15) is 13.2 Å². The largest absolute Gasteiger partial charge is 0.465 e. The molecule has 0 N–H and O–H groups in total. The summed E-state index contributed by atoms with van der Waals surface area (Å²) in [4.78, 5) is 23.6. The predicted molar refractivity (Wildman–Crippen MR) is 94.8 cm³/mol. The highest BCUT2D eigenvalue weighted by atomic mass is 19.4. The summed E-state index contributed by atoms with van der Waals surface area (Å²) in [5, 5.41) is 1.69. The molecule has 6 heteroatoms. The van der Waals surface area contributed by atoms with Crippen molar-refractivity contribution in [3.63, 3.8) is 0 Å². The minimum absolute atomic E-state index is 0.0802. The van der Waals surface area contributed by atoms with Crippen molar-refractivity contribution in [3.05, 3.63) is 71.7 Å². The van der Waals surface area contributed by atoms with Gasteiger partial charge in [0.1, 0.15) is 23.2 Å². The van der Waals surface area contributed by atoms with Crippen LogP contribution in [0, 0.1) is 0 Å². The van der Waals surface area contributed by atoms with Gasteiger partial charge in [0.15, 0.2) is 5.78 Å². The normalized spacial score (nSPS) is 12.9. The summed E-state index contributed by atoms with van der Waals surface area (Å²) in [7, 11) is 0. The number of rotatable bonds is 6. The number of halogens is 3. The Morgan fingerprint density at radius 2 is 1.70 bits per heavy atom. The molecule has 0 radical (unpaired) electrons. The zero-order valence-corrected chi connectivity index (χ0v) is 14.5. The van der Waals surface area contributed by atoms with Crippen LogP contribution in [-0.2, 0) is 11.2 Å². The molecule has 27 heavy (non-hydrogen) atoms. The van der Waals surface area contributed by atoms with Crippen LogP contribution in [0.4, 0.5) is 13.2 Å². The molecule has 0 aliphatic heterocycles. The molecule has 0 amide bonds. The van der Waals surface area contributed by atoms with Crippen LogP contribution in [0.1, 0.15) is 41.1 Å². The Hall–Kier alpha value is -2.89. The number of carbonyl (C=O) groups is 2. The first-order valence-corrected chi connectivity index (χ1v) is 8.41. The smallest absolute Gasteiger partial charge is 0.399 e. The number of carbonyl (C=O) groups excluding carboxylic acids is 2. The third kappa shape index (κ3) is 4.45. The topological polar surface area (TPSA) is 47.3 Å². The van der Waals surface area contributed by atoms with E-state index in [1.165, 1.54) is 25.1 Å². The summed E-state index contributed by atoms with van der Waals surface area (Å²) in [5.41, 5.74) is 0.221. The third-order valence-corrected chi connectivity index (χ3v) is 4.31. The van der Waals surface area contributed by atoms with Gasteiger partial charge in [-0.3, -0.25) is 9.59 Å². The van der Waals surface area contributed by atoms with Crippen LogP contribution in [0.5, 0.6) is 0 Å². The van der Waals surface area contributed by atoms with E-state index in [-0.39, 0.29) is 29.3 Å². The van der Waals surface area contributed by atoms with Crippen molar-refractivity contribution < 1.29 is 27.2 Å². The lowest BCUT2D eigenvalue weighted by Gasteiger charge is -2.17. The molecular weight excluding hydrogens is 357 g/mol. The molecule has 0 unspecified atom stereocenters. The first-order chi connectivity index (χ1) is 12.7. The highest BCUT2D eigenvalue weighted by Gasteiger charge is 2.44. The second-order valence-corrected chi connectivity index (χ2v) is 6.47. The van der Waals surface area contributed by atoms with Gasteiger partial charge < -0.3 is 4.42 Å². The minimum Gasteiger partial charge on any atom is -0.465 e. The van der Waals surface area contributed by atoms with Crippen LogP contribution in [-0.4, -0.2) is 17.7 Å². The summed E-state index contributed by atoms with van der Waals surface area (Å²) in [6.07, 6.45) is -5.48. The maximum absolute atomic E-state index is 13.5. The Morgan fingerprint density at radius 1 is 1.00 bits per heavy atom. The second kappa shape index (κ2) is 7.39. The Labute approximate surface area is 153 Å². The van der Waals surface area contributed by atoms with E-state index >= 15 is 0 Å². The maximum atomic E-state index is 13.5. The van der Waals surface area contributed by atoms with E-state index in [1.807, 2.05) is 12.1 Å². The van der Waals surface area contributed by atoms with Crippen LogP contribution in [0.2, 0.25) is 0 Å².